The zero-order valence-electron chi connectivity index (χ0n) is 37.6. The zero-order chi connectivity index (χ0) is 45.2. The van der Waals surface area contributed by atoms with Crippen LogP contribution in [0.25, 0.3) is 93.2 Å². The van der Waals surface area contributed by atoms with Gasteiger partial charge in [-0.3, -0.25) is 0 Å². The van der Waals surface area contributed by atoms with Crippen LogP contribution in [0.1, 0.15) is 22.3 Å². The molecule has 320 valence electrons. The average molecular weight is 875 g/mol. The topological polar surface area (TPSA) is 8.17 Å². The van der Waals surface area contributed by atoms with Crippen molar-refractivity contribution in [1.29, 1.82) is 0 Å². The minimum absolute atomic E-state index is 0.656. The molecule has 0 aliphatic heterocycles. The van der Waals surface area contributed by atoms with Crippen LogP contribution in [0.4, 0.5) is 17.1 Å². The monoisotopic (exact) mass is 874 g/mol. The van der Waals surface area contributed by atoms with Crippen LogP contribution in [0.3, 0.4) is 0 Å². The molecule has 1 aromatic heterocycles. The third-order valence-corrected chi connectivity index (χ3v) is 15.3. The molecular formula is C67H42N2. The molecule has 0 bridgehead atoms. The van der Waals surface area contributed by atoms with Crippen molar-refractivity contribution in [2.45, 2.75) is 5.41 Å². The fourth-order valence-corrected chi connectivity index (χ4v) is 12.5. The predicted molar refractivity (Wildman–Crippen MR) is 290 cm³/mol. The molecule has 69 heavy (non-hydrogen) atoms. The molecule has 1 unspecified atom stereocenters. The average Bonchev–Trinajstić information content (AvgIpc) is 3.75. The molecule has 0 fully saturated rings. The second-order valence-electron chi connectivity index (χ2n) is 18.7. The Morgan fingerprint density at radius 1 is 0.290 bits per heavy atom. The molecule has 1 heterocycles. The summed E-state index contributed by atoms with van der Waals surface area (Å²) in [5, 5.41) is 10.1. The van der Waals surface area contributed by atoms with E-state index < -0.39 is 5.41 Å². The molecule has 2 heteroatoms. The highest BCUT2D eigenvalue weighted by molar-refractivity contribution is 6.14. The van der Waals surface area contributed by atoms with E-state index in [0.29, 0.717) is 0 Å². The van der Waals surface area contributed by atoms with E-state index in [9.17, 15) is 0 Å². The van der Waals surface area contributed by atoms with E-state index in [1.807, 2.05) is 0 Å². The van der Waals surface area contributed by atoms with Gasteiger partial charge in [0.15, 0.2) is 0 Å². The number of hydrogen-bond donors (Lipinski definition) is 0. The maximum Gasteiger partial charge on any atom is 0.0726 e. The smallest absolute Gasteiger partial charge is 0.0726 e. The van der Waals surface area contributed by atoms with Gasteiger partial charge < -0.3 is 9.47 Å². The highest BCUT2D eigenvalue weighted by Crippen LogP contribution is 2.62. The van der Waals surface area contributed by atoms with Crippen LogP contribution in [-0.2, 0) is 5.41 Å². The fraction of sp³-hybridized carbons (Fsp3) is 0.0149. The number of rotatable bonds is 5. The van der Waals surface area contributed by atoms with E-state index in [2.05, 4.69) is 264 Å². The van der Waals surface area contributed by atoms with Crippen molar-refractivity contribution in [1.82, 2.24) is 4.57 Å². The van der Waals surface area contributed by atoms with Gasteiger partial charge in [0.2, 0.25) is 0 Å². The summed E-state index contributed by atoms with van der Waals surface area (Å²) in [5.74, 6) is 0. The first-order valence-corrected chi connectivity index (χ1v) is 24.0. The first kappa shape index (κ1) is 38.2. The fourth-order valence-electron chi connectivity index (χ4n) is 12.5. The van der Waals surface area contributed by atoms with Gasteiger partial charge in [0.25, 0.3) is 0 Å². The molecule has 0 N–H and O–H groups in total. The third-order valence-electron chi connectivity index (χ3n) is 15.3. The summed E-state index contributed by atoms with van der Waals surface area (Å²) in [7, 11) is 0. The Kier molecular flexibility index (Phi) is 8.02. The summed E-state index contributed by atoms with van der Waals surface area (Å²) in [6.07, 6.45) is 0. The lowest BCUT2D eigenvalue weighted by atomic mass is 9.55. The Bertz CT molecular complexity index is 4250. The summed E-state index contributed by atoms with van der Waals surface area (Å²) in [5.41, 5.74) is 18.9. The van der Waals surface area contributed by atoms with Crippen LogP contribution in [-0.4, -0.2) is 4.57 Å². The van der Waals surface area contributed by atoms with Crippen molar-refractivity contribution in [2.75, 3.05) is 4.90 Å². The third kappa shape index (κ3) is 5.31. The molecular weight excluding hydrogens is 833 g/mol. The molecule has 12 aromatic carbocycles. The number of benzene rings is 12. The molecule has 2 aliphatic rings. The van der Waals surface area contributed by atoms with E-state index in [1.165, 1.54) is 110 Å². The zero-order valence-corrected chi connectivity index (χ0v) is 37.6. The van der Waals surface area contributed by atoms with Crippen LogP contribution in [0.5, 0.6) is 0 Å². The normalized spacial score (nSPS) is 14.4. The predicted octanol–water partition coefficient (Wildman–Crippen LogP) is 17.7. The summed E-state index contributed by atoms with van der Waals surface area (Å²) >= 11 is 0. The first-order chi connectivity index (χ1) is 34.2. The van der Waals surface area contributed by atoms with Crippen molar-refractivity contribution in [3.63, 3.8) is 0 Å². The SMILES string of the molecule is c1ccc(-c2ccc3c4c(cccc24)C2(c4cc(N(c5ccc6ccccc6c5)c5ccc6c7ccccc7n(-c7ccccc7)c6c5)ccc4-c4cccc5cccc2c45)c2ccccc2-3)cc1. The highest BCUT2D eigenvalue weighted by atomic mass is 15.1. The van der Waals surface area contributed by atoms with E-state index >= 15 is 0 Å². The Labute approximate surface area is 400 Å². The lowest BCUT2D eigenvalue weighted by Gasteiger charge is -2.46. The molecule has 1 spiro atoms. The molecule has 1 atom stereocenters. The minimum atomic E-state index is -0.656. The second kappa shape index (κ2) is 14.5. The van der Waals surface area contributed by atoms with Gasteiger partial charge in [0, 0.05) is 33.5 Å². The summed E-state index contributed by atoms with van der Waals surface area (Å²) < 4.78 is 2.42. The molecule has 0 saturated heterocycles. The molecule has 15 rings (SSSR count). The second-order valence-corrected chi connectivity index (χ2v) is 18.7. The lowest BCUT2D eigenvalue weighted by Crippen LogP contribution is -2.36. The Morgan fingerprint density at radius 2 is 0.841 bits per heavy atom. The standard InChI is InChI=1S/C67H42N2/c1-3-17-44(18-4-1)51-38-39-58-52-24-9-11-28-59(52)67(61-30-15-27-56(51)66(58)61)60-29-14-21-45-20-13-26-57(65(45)60)53-36-34-49(41-62(53)67)68(48-33-32-43-16-7-8-19-46(43)40-48)50-35-37-55-54-25-10-12-31-63(54)69(64(55)42-50)47-22-5-2-6-23-47/h1-42H. The molecule has 2 aliphatic carbocycles. The van der Waals surface area contributed by atoms with Crippen molar-refractivity contribution < 1.29 is 0 Å². The van der Waals surface area contributed by atoms with E-state index in [4.69, 9.17) is 0 Å². The van der Waals surface area contributed by atoms with Gasteiger partial charge >= 0.3 is 0 Å². The van der Waals surface area contributed by atoms with E-state index in [0.717, 1.165) is 22.7 Å². The largest absolute Gasteiger partial charge is 0.310 e. The Hall–Kier alpha value is -8.98. The number of aromatic nitrogens is 1. The van der Waals surface area contributed by atoms with E-state index in [-0.39, 0.29) is 0 Å². The quantitative estimate of drug-likeness (QED) is 0.167. The van der Waals surface area contributed by atoms with Crippen LogP contribution in [0.15, 0.2) is 255 Å². The Morgan fingerprint density at radius 3 is 1.72 bits per heavy atom. The summed E-state index contributed by atoms with van der Waals surface area (Å²) in [4.78, 5) is 2.49. The van der Waals surface area contributed by atoms with Crippen molar-refractivity contribution in [3.8, 4) is 39.1 Å². The summed E-state index contributed by atoms with van der Waals surface area (Å²) in [6.45, 7) is 0. The number of nitrogens with zero attached hydrogens (tertiary/aromatic N) is 2. The molecule has 0 amide bonds. The molecule has 13 aromatic rings. The molecule has 2 nitrogen and oxygen atoms in total. The van der Waals surface area contributed by atoms with Crippen LogP contribution < -0.4 is 4.90 Å². The molecule has 0 saturated carbocycles. The van der Waals surface area contributed by atoms with Gasteiger partial charge in [-0.05, 0) is 143 Å². The maximum absolute atomic E-state index is 2.54. The van der Waals surface area contributed by atoms with Gasteiger partial charge in [-0.25, -0.2) is 0 Å². The van der Waals surface area contributed by atoms with Crippen molar-refractivity contribution >= 4 is 71.2 Å². The number of fused-ring (bicyclic) bond motifs is 12. The van der Waals surface area contributed by atoms with Crippen molar-refractivity contribution in [3.05, 3.63) is 277 Å². The first-order valence-electron chi connectivity index (χ1n) is 24.0. The van der Waals surface area contributed by atoms with E-state index in [1.54, 1.807) is 0 Å². The summed E-state index contributed by atoms with van der Waals surface area (Å²) in [6, 6.07) is 95.3. The number of anilines is 3. The minimum Gasteiger partial charge on any atom is -0.310 e. The van der Waals surface area contributed by atoms with Gasteiger partial charge in [0.05, 0.1) is 16.4 Å². The van der Waals surface area contributed by atoms with Gasteiger partial charge in [-0.1, -0.05) is 200 Å². The van der Waals surface area contributed by atoms with Crippen LogP contribution in [0, 0.1) is 0 Å². The number of hydrogen-bond acceptors (Lipinski definition) is 1. The van der Waals surface area contributed by atoms with Gasteiger partial charge in [-0.15, -0.1) is 0 Å². The van der Waals surface area contributed by atoms with Crippen LogP contribution >= 0.6 is 0 Å². The Balaban J connectivity index is 1.06. The van der Waals surface area contributed by atoms with Crippen LogP contribution in [0.2, 0.25) is 0 Å². The maximum atomic E-state index is 2.54. The lowest BCUT2D eigenvalue weighted by molar-refractivity contribution is 0.754. The van der Waals surface area contributed by atoms with Gasteiger partial charge in [-0.2, -0.15) is 0 Å². The molecule has 0 radical (unpaired) electrons. The highest BCUT2D eigenvalue weighted by Gasteiger charge is 2.49. The van der Waals surface area contributed by atoms with Gasteiger partial charge in [0.1, 0.15) is 0 Å². The van der Waals surface area contributed by atoms with Crippen molar-refractivity contribution in [2.24, 2.45) is 0 Å². The number of para-hydroxylation sites is 2.